The molecule has 28 heavy (non-hydrogen) atoms. The summed E-state index contributed by atoms with van der Waals surface area (Å²) in [7, 11) is 0. The highest BCUT2D eigenvalue weighted by atomic mass is 16.5. The summed E-state index contributed by atoms with van der Waals surface area (Å²) in [5.74, 6) is -0.671. The second-order valence-electron chi connectivity index (χ2n) is 8.26. The zero-order valence-corrected chi connectivity index (χ0v) is 17.9. The largest absolute Gasteiger partial charge is 0.454 e. The lowest BCUT2D eigenvalue weighted by molar-refractivity contribution is -0.154. The number of nitrogens with one attached hydrogen (secondary N) is 1. The summed E-state index contributed by atoms with van der Waals surface area (Å²) >= 11 is 0. The van der Waals surface area contributed by atoms with Gasteiger partial charge < -0.3 is 15.0 Å². The van der Waals surface area contributed by atoms with Gasteiger partial charge in [0.05, 0.1) is 0 Å². The summed E-state index contributed by atoms with van der Waals surface area (Å²) in [4.78, 5) is 39.1. The minimum absolute atomic E-state index is 0.169. The van der Waals surface area contributed by atoms with E-state index < -0.39 is 12.0 Å². The fourth-order valence-corrected chi connectivity index (χ4v) is 2.79. The van der Waals surface area contributed by atoms with Gasteiger partial charge in [0.1, 0.15) is 6.04 Å². The molecule has 0 unspecified atom stereocenters. The number of esters is 1. The van der Waals surface area contributed by atoms with Gasteiger partial charge in [0.15, 0.2) is 6.61 Å². The summed E-state index contributed by atoms with van der Waals surface area (Å²) in [5.41, 5.74) is 0.470. The third-order valence-corrected chi connectivity index (χ3v) is 4.10. The Morgan fingerprint density at radius 3 is 1.93 bits per heavy atom. The molecular weight excluding hydrogens is 356 g/mol. The Labute approximate surface area is 168 Å². The lowest BCUT2D eigenvalue weighted by Gasteiger charge is -2.27. The first-order valence-electron chi connectivity index (χ1n) is 9.92. The van der Waals surface area contributed by atoms with E-state index in [0.29, 0.717) is 30.5 Å². The fraction of sp³-hybridized carbons (Fsp3) is 0.591. The van der Waals surface area contributed by atoms with Crippen molar-refractivity contribution in [3.8, 4) is 0 Å². The highest BCUT2D eigenvalue weighted by Crippen LogP contribution is 2.09. The van der Waals surface area contributed by atoms with Gasteiger partial charge in [-0.15, -0.1) is 0 Å². The van der Waals surface area contributed by atoms with E-state index in [1.807, 2.05) is 47.6 Å². The van der Waals surface area contributed by atoms with E-state index in [1.54, 1.807) is 29.2 Å². The van der Waals surface area contributed by atoms with Crippen LogP contribution < -0.4 is 5.32 Å². The molecule has 156 valence electrons. The van der Waals surface area contributed by atoms with Crippen molar-refractivity contribution in [3.05, 3.63) is 35.9 Å². The van der Waals surface area contributed by atoms with Gasteiger partial charge in [0, 0.05) is 18.7 Å². The summed E-state index contributed by atoms with van der Waals surface area (Å²) in [5, 5.41) is 2.71. The molecule has 1 atom stereocenters. The predicted molar refractivity (Wildman–Crippen MR) is 110 cm³/mol. The van der Waals surface area contributed by atoms with Crippen molar-refractivity contribution < 1.29 is 19.1 Å². The maximum Gasteiger partial charge on any atom is 0.329 e. The van der Waals surface area contributed by atoms with Gasteiger partial charge in [-0.25, -0.2) is 4.79 Å². The number of amides is 2. The van der Waals surface area contributed by atoms with Gasteiger partial charge in [-0.2, -0.15) is 0 Å². The van der Waals surface area contributed by atoms with Crippen LogP contribution in [0, 0.1) is 17.8 Å². The van der Waals surface area contributed by atoms with Crippen LogP contribution in [-0.2, 0) is 14.3 Å². The standard InChI is InChI=1S/C22H34N2O4/c1-15(2)12-24(13-16(3)4)19(25)14-28-22(27)20(17(5)6)23-21(26)18-10-8-7-9-11-18/h7-11,15-17,20H,12-14H2,1-6H3,(H,23,26)/t20-/m0/s1. The Morgan fingerprint density at radius 1 is 0.929 bits per heavy atom. The number of hydrogen-bond donors (Lipinski definition) is 1. The molecule has 0 heterocycles. The second-order valence-corrected chi connectivity index (χ2v) is 8.26. The molecule has 2 amide bonds. The maximum atomic E-state index is 12.5. The van der Waals surface area contributed by atoms with Crippen molar-refractivity contribution in [2.24, 2.45) is 17.8 Å². The third-order valence-electron chi connectivity index (χ3n) is 4.10. The molecule has 0 bridgehead atoms. The predicted octanol–water partition coefficient (Wildman–Crippen LogP) is 3.12. The Balaban J connectivity index is 2.70. The molecule has 6 nitrogen and oxygen atoms in total. The average Bonchev–Trinajstić information content (AvgIpc) is 2.62. The SMILES string of the molecule is CC(C)CN(CC(C)C)C(=O)COC(=O)[C@@H](NC(=O)c1ccccc1)C(C)C. The van der Waals surface area contributed by atoms with Crippen LogP contribution in [-0.4, -0.2) is 48.4 Å². The minimum Gasteiger partial charge on any atom is -0.454 e. The number of carbonyl (C=O) groups is 3. The number of hydrogen-bond acceptors (Lipinski definition) is 4. The van der Waals surface area contributed by atoms with E-state index in [2.05, 4.69) is 5.32 Å². The van der Waals surface area contributed by atoms with Crippen LogP contribution >= 0.6 is 0 Å². The van der Waals surface area contributed by atoms with Crippen LogP contribution in [0.15, 0.2) is 30.3 Å². The molecular formula is C22H34N2O4. The van der Waals surface area contributed by atoms with Crippen LogP contribution in [0.4, 0.5) is 0 Å². The number of carbonyl (C=O) groups excluding carboxylic acids is 3. The van der Waals surface area contributed by atoms with E-state index in [9.17, 15) is 14.4 Å². The number of rotatable bonds is 10. The Hall–Kier alpha value is -2.37. The molecule has 0 aromatic heterocycles. The first-order valence-corrected chi connectivity index (χ1v) is 9.92. The Kier molecular flexibility index (Phi) is 9.69. The third kappa shape index (κ3) is 8.11. The smallest absolute Gasteiger partial charge is 0.329 e. The van der Waals surface area contributed by atoms with Crippen LogP contribution in [0.3, 0.4) is 0 Å². The summed E-state index contributed by atoms with van der Waals surface area (Å²) < 4.78 is 5.26. The van der Waals surface area contributed by atoms with E-state index >= 15 is 0 Å². The summed E-state index contributed by atoms with van der Waals surface area (Å²) in [6.45, 7) is 12.7. The summed E-state index contributed by atoms with van der Waals surface area (Å²) in [6.07, 6.45) is 0. The number of benzene rings is 1. The molecule has 1 aromatic rings. The van der Waals surface area contributed by atoms with Crippen molar-refractivity contribution in [2.75, 3.05) is 19.7 Å². The van der Waals surface area contributed by atoms with Crippen LogP contribution in [0.5, 0.6) is 0 Å². The molecule has 0 aliphatic heterocycles. The van der Waals surface area contributed by atoms with Gasteiger partial charge in [0.2, 0.25) is 0 Å². The molecule has 6 heteroatoms. The van der Waals surface area contributed by atoms with E-state index in [-0.39, 0.29) is 24.3 Å². The van der Waals surface area contributed by atoms with Crippen molar-refractivity contribution in [3.63, 3.8) is 0 Å². The molecule has 0 spiro atoms. The second kappa shape index (κ2) is 11.5. The highest BCUT2D eigenvalue weighted by molar-refractivity contribution is 5.97. The van der Waals surface area contributed by atoms with Crippen LogP contribution in [0.25, 0.3) is 0 Å². The lowest BCUT2D eigenvalue weighted by Crippen LogP contribution is -2.46. The Bertz CT molecular complexity index is 631. The molecule has 0 aliphatic carbocycles. The van der Waals surface area contributed by atoms with Crippen LogP contribution in [0.2, 0.25) is 0 Å². The van der Waals surface area contributed by atoms with Crippen molar-refractivity contribution in [2.45, 2.75) is 47.6 Å². The van der Waals surface area contributed by atoms with Gasteiger partial charge in [-0.3, -0.25) is 9.59 Å². The van der Waals surface area contributed by atoms with E-state index in [4.69, 9.17) is 4.74 Å². The molecule has 0 fully saturated rings. The van der Waals surface area contributed by atoms with E-state index in [0.717, 1.165) is 0 Å². The zero-order valence-electron chi connectivity index (χ0n) is 17.9. The first kappa shape index (κ1) is 23.7. The number of nitrogens with zero attached hydrogens (tertiary/aromatic N) is 1. The molecule has 0 radical (unpaired) electrons. The van der Waals surface area contributed by atoms with Crippen molar-refractivity contribution >= 4 is 17.8 Å². The number of ether oxygens (including phenoxy) is 1. The van der Waals surface area contributed by atoms with Crippen molar-refractivity contribution in [1.82, 2.24) is 10.2 Å². The quantitative estimate of drug-likeness (QED) is 0.623. The zero-order chi connectivity index (χ0) is 21.3. The van der Waals surface area contributed by atoms with Gasteiger partial charge in [0.25, 0.3) is 11.8 Å². The highest BCUT2D eigenvalue weighted by Gasteiger charge is 2.27. The minimum atomic E-state index is -0.816. The monoisotopic (exact) mass is 390 g/mol. The molecule has 0 saturated heterocycles. The van der Waals surface area contributed by atoms with Gasteiger partial charge >= 0.3 is 5.97 Å². The summed E-state index contributed by atoms with van der Waals surface area (Å²) in [6, 6.07) is 7.87. The van der Waals surface area contributed by atoms with Gasteiger partial charge in [-0.05, 0) is 29.9 Å². The first-order chi connectivity index (χ1) is 13.1. The Morgan fingerprint density at radius 2 is 1.46 bits per heavy atom. The lowest BCUT2D eigenvalue weighted by atomic mass is 10.0. The molecule has 1 N–H and O–H groups in total. The average molecular weight is 391 g/mol. The van der Waals surface area contributed by atoms with E-state index in [1.165, 1.54) is 0 Å². The van der Waals surface area contributed by atoms with Crippen molar-refractivity contribution in [1.29, 1.82) is 0 Å². The fourth-order valence-electron chi connectivity index (χ4n) is 2.79. The molecule has 1 rings (SSSR count). The molecule has 0 saturated carbocycles. The molecule has 1 aromatic carbocycles. The van der Waals surface area contributed by atoms with Gasteiger partial charge in [-0.1, -0.05) is 59.7 Å². The maximum absolute atomic E-state index is 12.5. The normalized spacial score (nSPS) is 12.2. The molecule has 0 aliphatic rings. The van der Waals surface area contributed by atoms with Crippen LogP contribution in [0.1, 0.15) is 51.9 Å². The topological polar surface area (TPSA) is 75.7 Å².